The van der Waals surface area contributed by atoms with Gasteiger partial charge in [0.1, 0.15) is 10.6 Å². The standard InChI is InChI=1S/C36H58O7S2/c1-3-5-7-9-11-13-15-17-19-22-26-32-30-31-35(44(37,38)43-45(39,40)41)36(42-33-27-23-21-24-28-33)34(32)29-25-20-18-16-14-12-10-8-6-4-2/h21,23-24,27-28,30-31H,3-20,22,25-26,29H2,1-2H3,(H,39,40,41). The molecule has 0 saturated carbocycles. The quantitative estimate of drug-likeness (QED) is 0.0746. The van der Waals surface area contributed by atoms with Crippen LogP contribution in [0.2, 0.25) is 0 Å². The summed E-state index contributed by atoms with van der Waals surface area (Å²) in [5.74, 6) is 0.506. The van der Waals surface area contributed by atoms with Gasteiger partial charge in [0, 0.05) is 0 Å². The Balaban J connectivity index is 2.18. The number of para-hydroxylation sites is 1. The first-order chi connectivity index (χ1) is 21.7. The van der Waals surface area contributed by atoms with Crippen molar-refractivity contribution in [2.45, 2.75) is 160 Å². The van der Waals surface area contributed by atoms with Crippen LogP contribution in [0.25, 0.3) is 0 Å². The molecule has 0 bridgehead atoms. The van der Waals surface area contributed by atoms with Crippen LogP contribution < -0.4 is 4.74 Å². The normalized spacial score (nSPS) is 12.1. The predicted molar refractivity (Wildman–Crippen MR) is 184 cm³/mol. The minimum absolute atomic E-state index is 0.0744. The molecule has 2 rings (SSSR count). The Labute approximate surface area is 274 Å². The molecule has 0 atom stereocenters. The fraction of sp³-hybridized carbons (Fsp3) is 0.667. The van der Waals surface area contributed by atoms with E-state index in [1.165, 1.54) is 102 Å². The SMILES string of the molecule is CCCCCCCCCCCCc1ccc(S(=O)(=O)OS(=O)(=O)O)c(Oc2ccccc2)c1CCCCCCCCCCCC. The number of hydrogen-bond acceptors (Lipinski definition) is 6. The molecule has 0 saturated heterocycles. The average molecular weight is 667 g/mol. The van der Waals surface area contributed by atoms with Crippen molar-refractivity contribution in [1.82, 2.24) is 0 Å². The van der Waals surface area contributed by atoms with Crippen molar-refractivity contribution in [3.05, 3.63) is 53.6 Å². The molecule has 0 aliphatic carbocycles. The summed E-state index contributed by atoms with van der Waals surface area (Å²) in [5, 5.41) is 0. The molecular formula is C36H58O7S2. The molecule has 0 aromatic heterocycles. The fourth-order valence-corrected chi connectivity index (χ4v) is 7.64. The van der Waals surface area contributed by atoms with Gasteiger partial charge in [-0.15, -0.1) is 3.63 Å². The molecular weight excluding hydrogens is 609 g/mol. The number of unbranched alkanes of at least 4 members (excludes halogenated alkanes) is 18. The maximum Gasteiger partial charge on any atom is 0.412 e. The number of hydrogen-bond donors (Lipinski definition) is 1. The van der Waals surface area contributed by atoms with Crippen LogP contribution in [0.15, 0.2) is 47.4 Å². The topological polar surface area (TPSA) is 107 Å². The second-order valence-electron chi connectivity index (χ2n) is 12.3. The van der Waals surface area contributed by atoms with Crippen LogP contribution in [0.5, 0.6) is 11.5 Å². The van der Waals surface area contributed by atoms with Crippen molar-refractivity contribution >= 4 is 20.5 Å². The van der Waals surface area contributed by atoms with Crippen molar-refractivity contribution in [2.75, 3.05) is 0 Å². The van der Waals surface area contributed by atoms with Gasteiger partial charge in [-0.3, -0.25) is 4.55 Å². The van der Waals surface area contributed by atoms with Gasteiger partial charge in [0.2, 0.25) is 0 Å². The molecule has 1 N–H and O–H groups in total. The Morgan fingerprint density at radius 1 is 0.556 bits per heavy atom. The zero-order chi connectivity index (χ0) is 32.8. The Morgan fingerprint density at radius 2 is 1.00 bits per heavy atom. The molecule has 0 unspecified atom stereocenters. The van der Waals surface area contributed by atoms with E-state index in [-0.39, 0.29) is 5.75 Å². The van der Waals surface area contributed by atoms with Crippen LogP contribution in [0.1, 0.15) is 153 Å². The highest BCUT2D eigenvalue weighted by Gasteiger charge is 2.30. The Kier molecular flexibility index (Phi) is 19.7. The summed E-state index contributed by atoms with van der Waals surface area (Å²) >= 11 is 0. The molecule has 45 heavy (non-hydrogen) atoms. The summed E-state index contributed by atoms with van der Waals surface area (Å²) < 4.78 is 68.6. The Hall–Kier alpha value is -1.94. The molecule has 0 amide bonds. The lowest BCUT2D eigenvalue weighted by Gasteiger charge is -2.19. The van der Waals surface area contributed by atoms with Gasteiger partial charge < -0.3 is 4.74 Å². The lowest BCUT2D eigenvalue weighted by Crippen LogP contribution is -2.15. The first-order valence-corrected chi connectivity index (χ1v) is 20.3. The zero-order valence-electron chi connectivity index (χ0n) is 27.8. The van der Waals surface area contributed by atoms with E-state index in [1.807, 2.05) is 6.07 Å². The van der Waals surface area contributed by atoms with E-state index in [0.29, 0.717) is 12.2 Å². The third kappa shape index (κ3) is 17.0. The van der Waals surface area contributed by atoms with Crippen LogP contribution in [-0.2, 0) is 37.0 Å². The summed E-state index contributed by atoms with van der Waals surface area (Å²) in [6, 6.07) is 11.9. The van der Waals surface area contributed by atoms with E-state index in [4.69, 9.17) is 4.74 Å². The van der Waals surface area contributed by atoms with Crippen molar-refractivity contribution < 1.29 is 29.8 Å². The zero-order valence-corrected chi connectivity index (χ0v) is 29.4. The second-order valence-corrected chi connectivity index (χ2v) is 15.0. The van der Waals surface area contributed by atoms with Gasteiger partial charge in [0.25, 0.3) is 0 Å². The van der Waals surface area contributed by atoms with E-state index in [2.05, 4.69) is 17.5 Å². The molecule has 256 valence electrons. The van der Waals surface area contributed by atoms with Gasteiger partial charge in [-0.2, -0.15) is 16.8 Å². The van der Waals surface area contributed by atoms with Gasteiger partial charge in [-0.1, -0.05) is 154 Å². The lowest BCUT2D eigenvalue weighted by molar-refractivity contribution is 0.381. The molecule has 0 spiro atoms. The van der Waals surface area contributed by atoms with E-state index in [0.717, 1.165) is 49.7 Å². The molecule has 0 heterocycles. The van der Waals surface area contributed by atoms with Gasteiger partial charge in [-0.05, 0) is 55.0 Å². The molecule has 0 fully saturated rings. The van der Waals surface area contributed by atoms with Crippen molar-refractivity contribution in [3.8, 4) is 11.5 Å². The summed E-state index contributed by atoms with van der Waals surface area (Å²) in [4.78, 5) is -0.405. The highest BCUT2D eigenvalue weighted by atomic mass is 32.3. The van der Waals surface area contributed by atoms with Crippen LogP contribution in [0.4, 0.5) is 0 Å². The molecule has 0 radical (unpaired) electrons. The van der Waals surface area contributed by atoms with Crippen molar-refractivity contribution in [3.63, 3.8) is 0 Å². The number of rotatable bonds is 27. The lowest BCUT2D eigenvalue weighted by atomic mass is 9.95. The third-order valence-corrected chi connectivity index (χ3v) is 10.6. The van der Waals surface area contributed by atoms with Gasteiger partial charge in [0.15, 0.2) is 5.75 Å². The van der Waals surface area contributed by atoms with Crippen LogP contribution in [0, 0.1) is 0 Å². The minimum atomic E-state index is -5.26. The average Bonchev–Trinajstić information content (AvgIpc) is 2.99. The Bertz CT molecular complexity index is 1280. The molecule has 0 aliphatic rings. The molecule has 2 aromatic carbocycles. The summed E-state index contributed by atoms with van der Waals surface area (Å²) in [6.45, 7) is 4.46. The number of ether oxygens (including phenoxy) is 1. The van der Waals surface area contributed by atoms with Crippen molar-refractivity contribution in [1.29, 1.82) is 0 Å². The van der Waals surface area contributed by atoms with Gasteiger partial charge >= 0.3 is 20.5 Å². The first-order valence-electron chi connectivity index (χ1n) is 17.5. The predicted octanol–water partition coefficient (Wildman–Crippen LogP) is 10.9. The summed E-state index contributed by atoms with van der Waals surface area (Å²) in [7, 11) is -10.1. The highest BCUT2D eigenvalue weighted by Crippen LogP contribution is 2.38. The summed E-state index contributed by atoms with van der Waals surface area (Å²) in [5.41, 5.74) is 1.76. The molecule has 9 heteroatoms. The third-order valence-electron chi connectivity index (χ3n) is 8.31. The van der Waals surface area contributed by atoms with Crippen molar-refractivity contribution in [2.24, 2.45) is 0 Å². The summed E-state index contributed by atoms with van der Waals surface area (Å²) in [6.07, 6.45) is 25.4. The maximum absolute atomic E-state index is 13.1. The van der Waals surface area contributed by atoms with E-state index in [9.17, 15) is 21.4 Å². The largest absolute Gasteiger partial charge is 0.456 e. The first kappa shape index (κ1) is 39.2. The molecule has 2 aromatic rings. The monoisotopic (exact) mass is 666 g/mol. The van der Waals surface area contributed by atoms with E-state index < -0.39 is 25.4 Å². The fourth-order valence-electron chi connectivity index (χ4n) is 5.81. The maximum atomic E-state index is 13.1. The number of benzene rings is 2. The van der Waals surface area contributed by atoms with Crippen LogP contribution in [-0.4, -0.2) is 21.4 Å². The Morgan fingerprint density at radius 3 is 1.47 bits per heavy atom. The highest BCUT2D eigenvalue weighted by molar-refractivity contribution is 7.97. The van der Waals surface area contributed by atoms with Crippen LogP contribution >= 0.6 is 0 Å². The van der Waals surface area contributed by atoms with Gasteiger partial charge in [0.05, 0.1) is 0 Å². The molecule has 7 nitrogen and oxygen atoms in total. The second kappa shape index (κ2) is 22.6. The van der Waals surface area contributed by atoms with E-state index in [1.54, 1.807) is 30.3 Å². The van der Waals surface area contributed by atoms with E-state index >= 15 is 0 Å². The number of aryl methyl sites for hydroxylation is 1. The molecule has 0 aliphatic heterocycles. The smallest absolute Gasteiger partial charge is 0.412 e. The minimum Gasteiger partial charge on any atom is -0.456 e. The van der Waals surface area contributed by atoms with Crippen LogP contribution in [0.3, 0.4) is 0 Å². The van der Waals surface area contributed by atoms with Gasteiger partial charge in [-0.25, -0.2) is 0 Å².